The van der Waals surface area contributed by atoms with Gasteiger partial charge >= 0.3 is 0 Å². The molecule has 0 saturated carbocycles. The van der Waals surface area contributed by atoms with Crippen molar-refractivity contribution in [2.45, 2.75) is 12.8 Å². The fourth-order valence-electron chi connectivity index (χ4n) is 1.24. The molecule has 0 amide bonds. The average Bonchev–Trinajstić information content (AvgIpc) is 2.22. The van der Waals surface area contributed by atoms with Crippen molar-refractivity contribution >= 4 is 17.4 Å². The minimum Gasteiger partial charge on any atom is -0.507 e. The maximum absolute atomic E-state index is 11.6. The molecular formula is C11H13ClO3. The van der Waals surface area contributed by atoms with Gasteiger partial charge in [-0.05, 0) is 24.6 Å². The molecule has 0 aliphatic carbocycles. The number of carbonyl (C=O) groups is 1. The summed E-state index contributed by atoms with van der Waals surface area (Å²) in [7, 11) is 1.58. The Hall–Kier alpha value is -1.06. The molecule has 0 aliphatic rings. The number of benzene rings is 1. The van der Waals surface area contributed by atoms with Crippen molar-refractivity contribution in [3.8, 4) is 5.75 Å². The van der Waals surface area contributed by atoms with Crippen molar-refractivity contribution in [2.75, 3.05) is 13.7 Å². The topological polar surface area (TPSA) is 46.5 Å². The average molecular weight is 229 g/mol. The predicted octanol–water partition coefficient (Wildman–Crippen LogP) is 2.65. The summed E-state index contributed by atoms with van der Waals surface area (Å²) < 4.78 is 4.84. The number of hydrogen-bond acceptors (Lipinski definition) is 3. The smallest absolute Gasteiger partial charge is 0.166 e. The summed E-state index contributed by atoms with van der Waals surface area (Å²) in [5.74, 6) is -0.145. The van der Waals surface area contributed by atoms with E-state index in [1.54, 1.807) is 13.2 Å². The zero-order chi connectivity index (χ0) is 11.3. The molecule has 0 aliphatic heterocycles. The van der Waals surface area contributed by atoms with Crippen LogP contribution in [0.1, 0.15) is 23.2 Å². The largest absolute Gasteiger partial charge is 0.507 e. The molecule has 4 heteroatoms. The van der Waals surface area contributed by atoms with Gasteiger partial charge in [0.05, 0.1) is 5.56 Å². The number of phenolic OH excluding ortho intramolecular Hbond substituents is 1. The van der Waals surface area contributed by atoms with Crippen molar-refractivity contribution in [1.82, 2.24) is 0 Å². The summed E-state index contributed by atoms with van der Waals surface area (Å²) in [6, 6.07) is 4.45. The van der Waals surface area contributed by atoms with E-state index in [0.29, 0.717) is 24.5 Å². The first-order chi connectivity index (χ1) is 7.15. The fourth-order valence-corrected chi connectivity index (χ4v) is 1.42. The molecule has 1 rings (SSSR count). The van der Waals surface area contributed by atoms with Gasteiger partial charge in [0, 0.05) is 25.2 Å². The van der Waals surface area contributed by atoms with E-state index in [2.05, 4.69) is 0 Å². The number of ether oxygens (including phenoxy) is 1. The van der Waals surface area contributed by atoms with Crippen LogP contribution in [0.5, 0.6) is 5.75 Å². The lowest BCUT2D eigenvalue weighted by atomic mass is 10.1. The lowest BCUT2D eigenvalue weighted by Crippen LogP contribution is -2.01. The summed E-state index contributed by atoms with van der Waals surface area (Å²) in [4.78, 5) is 11.6. The van der Waals surface area contributed by atoms with Crippen LogP contribution in [-0.4, -0.2) is 24.6 Å². The molecule has 0 bridgehead atoms. The van der Waals surface area contributed by atoms with Crippen LogP contribution in [0.15, 0.2) is 18.2 Å². The molecule has 0 atom stereocenters. The van der Waals surface area contributed by atoms with Crippen molar-refractivity contribution in [2.24, 2.45) is 0 Å². The molecule has 0 fully saturated rings. The van der Waals surface area contributed by atoms with Crippen LogP contribution in [-0.2, 0) is 4.74 Å². The zero-order valence-corrected chi connectivity index (χ0v) is 9.25. The Labute approximate surface area is 93.6 Å². The first kappa shape index (κ1) is 12.0. The van der Waals surface area contributed by atoms with Gasteiger partial charge in [-0.25, -0.2) is 0 Å². The normalized spacial score (nSPS) is 10.3. The van der Waals surface area contributed by atoms with Gasteiger partial charge in [-0.3, -0.25) is 4.79 Å². The van der Waals surface area contributed by atoms with E-state index < -0.39 is 0 Å². The summed E-state index contributed by atoms with van der Waals surface area (Å²) in [5.41, 5.74) is 0.276. The maximum Gasteiger partial charge on any atom is 0.166 e. The quantitative estimate of drug-likeness (QED) is 0.623. The van der Waals surface area contributed by atoms with Crippen LogP contribution in [0.25, 0.3) is 0 Å². The van der Waals surface area contributed by atoms with Gasteiger partial charge in [0.25, 0.3) is 0 Å². The number of phenols is 1. The zero-order valence-electron chi connectivity index (χ0n) is 8.50. The van der Waals surface area contributed by atoms with Gasteiger partial charge in [-0.15, -0.1) is 0 Å². The van der Waals surface area contributed by atoms with E-state index in [-0.39, 0.29) is 17.1 Å². The minimum absolute atomic E-state index is 0.0261. The van der Waals surface area contributed by atoms with Crippen LogP contribution in [0.3, 0.4) is 0 Å². The number of rotatable bonds is 5. The Bertz CT molecular complexity index is 350. The Morgan fingerprint density at radius 3 is 2.93 bits per heavy atom. The first-order valence-electron chi connectivity index (χ1n) is 4.66. The molecule has 0 radical (unpaired) electrons. The van der Waals surface area contributed by atoms with E-state index >= 15 is 0 Å². The summed E-state index contributed by atoms with van der Waals surface area (Å²) in [5, 5.41) is 9.90. The van der Waals surface area contributed by atoms with E-state index in [0.717, 1.165) is 0 Å². The third kappa shape index (κ3) is 3.53. The molecule has 3 nitrogen and oxygen atoms in total. The number of aromatic hydroxyl groups is 1. The van der Waals surface area contributed by atoms with E-state index in [4.69, 9.17) is 16.3 Å². The van der Waals surface area contributed by atoms with E-state index in [1.807, 2.05) is 0 Å². The molecule has 1 aromatic carbocycles. The highest BCUT2D eigenvalue weighted by atomic mass is 35.5. The Balaban J connectivity index is 2.68. The number of Topliss-reactive ketones (excluding diaryl/α,β-unsaturated/α-hetero) is 1. The molecule has 0 saturated heterocycles. The molecule has 15 heavy (non-hydrogen) atoms. The second-order valence-electron chi connectivity index (χ2n) is 3.18. The number of carbonyl (C=O) groups excluding carboxylic acids is 1. The Morgan fingerprint density at radius 2 is 2.27 bits per heavy atom. The van der Waals surface area contributed by atoms with Crippen LogP contribution in [0.4, 0.5) is 0 Å². The highest BCUT2D eigenvalue weighted by molar-refractivity contribution is 6.31. The van der Waals surface area contributed by atoms with E-state index in [1.165, 1.54) is 12.1 Å². The highest BCUT2D eigenvalue weighted by Crippen LogP contribution is 2.23. The Kier molecular flexibility index (Phi) is 4.59. The van der Waals surface area contributed by atoms with Crippen LogP contribution >= 0.6 is 11.6 Å². The summed E-state index contributed by atoms with van der Waals surface area (Å²) in [6.45, 7) is 0.535. The van der Waals surface area contributed by atoms with Gasteiger partial charge < -0.3 is 9.84 Å². The van der Waals surface area contributed by atoms with Gasteiger partial charge in [-0.2, -0.15) is 0 Å². The molecule has 0 unspecified atom stereocenters. The molecule has 1 aromatic rings. The minimum atomic E-state index is -0.118. The lowest BCUT2D eigenvalue weighted by molar-refractivity contribution is 0.0961. The van der Waals surface area contributed by atoms with Crippen molar-refractivity contribution in [3.05, 3.63) is 28.8 Å². The number of methoxy groups -OCH3 is 1. The molecule has 0 spiro atoms. The number of halogens is 1. The van der Waals surface area contributed by atoms with Gasteiger partial charge in [0.15, 0.2) is 5.78 Å². The van der Waals surface area contributed by atoms with Crippen LogP contribution < -0.4 is 0 Å². The highest BCUT2D eigenvalue weighted by Gasteiger charge is 2.10. The van der Waals surface area contributed by atoms with Gasteiger partial charge in [-0.1, -0.05) is 11.6 Å². The van der Waals surface area contributed by atoms with Gasteiger partial charge in [0.1, 0.15) is 5.75 Å². The second-order valence-corrected chi connectivity index (χ2v) is 3.62. The number of hydrogen-bond donors (Lipinski definition) is 1. The summed E-state index contributed by atoms with van der Waals surface area (Å²) in [6.07, 6.45) is 0.989. The predicted molar refractivity (Wildman–Crippen MR) is 58.6 cm³/mol. The van der Waals surface area contributed by atoms with Crippen molar-refractivity contribution in [1.29, 1.82) is 0 Å². The SMILES string of the molecule is COCCCC(=O)c1cc(Cl)ccc1O. The molecule has 0 aromatic heterocycles. The fraction of sp³-hybridized carbons (Fsp3) is 0.364. The monoisotopic (exact) mass is 228 g/mol. The maximum atomic E-state index is 11.6. The van der Waals surface area contributed by atoms with Crippen molar-refractivity contribution < 1.29 is 14.6 Å². The van der Waals surface area contributed by atoms with Crippen LogP contribution in [0, 0.1) is 0 Å². The third-order valence-corrected chi connectivity index (χ3v) is 2.25. The standard InChI is InChI=1S/C11H13ClO3/c1-15-6-2-3-10(13)9-7-8(12)4-5-11(9)14/h4-5,7,14H,2-3,6H2,1H3. The third-order valence-electron chi connectivity index (χ3n) is 2.01. The second kappa shape index (κ2) is 5.73. The van der Waals surface area contributed by atoms with E-state index in [9.17, 15) is 9.90 Å². The lowest BCUT2D eigenvalue weighted by Gasteiger charge is -2.04. The molecule has 1 N–H and O–H groups in total. The Morgan fingerprint density at radius 1 is 1.53 bits per heavy atom. The van der Waals surface area contributed by atoms with Crippen LogP contribution in [0.2, 0.25) is 5.02 Å². The van der Waals surface area contributed by atoms with Crippen molar-refractivity contribution in [3.63, 3.8) is 0 Å². The molecular weight excluding hydrogens is 216 g/mol. The molecule has 0 heterocycles. The number of ketones is 1. The summed E-state index contributed by atoms with van der Waals surface area (Å²) >= 11 is 5.73. The molecule has 82 valence electrons. The van der Waals surface area contributed by atoms with Gasteiger partial charge in [0.2, 0.25) is 0 Å². The first-order valence-corrected chi connectivity index (χ1v) is 5.03.